The standard InChI is InChI=1S/C24H18N4/c1-27-21-6-4-3-5-16(21)17-11-15(7-8-22(17)27)20-12-24-19(14-26-20)18-13-25-10-9-23(18)28(24)2/h3-14,27-28H,1-2H2. The molecular formula is C24H18N4. The maximum Gasteiger partial charge on any atom is 0.121 e. The van der Waals surface area contributed by atoms with Crippen LogP contribution >= 0.6 is 0 Å². The van der Waals surface area contributed by atoms with Crippen molar-refractivity contribution in [2.45, 2.75) is 0 Å². The molecule has 2 atom stereocenters. The van der Waals surface area contributed by atoms with Gasteiger partial charge in [0, 0.05) is 47.4 Å². The molecule has 0 aliphatic carbocycles. The third-order valence-corrected chi connectivity index (χ3v) is 5.85. The number of aromatic nitrogens is 2. The first-order chi connectivity index (χ1) is 13.7. The van der Waals surface area contributed by atoms with Crippen molar-refractivity contribution in [3.8, 4) is 33.5 Å². The molecule has 28 heavy (non-hydrogen) atoms. The lowest BCUT2D eigenvalue weighted by atomic mass is 10.0. The van der Waals surface area contributed by atoms with Gasteiger partial charge in [0.15, 0.2) is 0 Å². The summed E-state index contributed by atoms with van der Waals surface area (Å²) >= 11 is 0. The van der Waals surface area contributed by atoms with Crippen LogP contribution in [0.25, 0.3) is 33.5 Å². The largest absolute Gasteiger partial charge is 0.401 e. The van der Waals surface area contributed by atoms with E-state index >= 15 is 0 Å². The van der Waals surface area contributed by atoms with Gasteiger partial charge >= 0.3 is 0 Å². The van der Waals surface area contributed by atoms with Gasteiger partial charge in [0.2, 0.25) is 0 Å². The van der Waals surface area contributed by atoms with Crippen molar-refractivity contribution in [1.29, 1.82) is 0 Å². The average molecular weight is 362 g/mol. The van der Waals surface area contributed by atoms with Crippen LogP contribution in [0.1, 0.15) is 0 Å². The lowest BCUT2D eigenvalue weighted by Crippen LogP contribution is -2.95. The summed E-state index contributed by atoms with van der Waals surface area (Å²) in [5, 5.41) is 0. The van der Waals surface area contributed by atoms with Gasteiger partial charge in [0.25, 0.3) is 0 Å². The monoisotopic (exact) mass is 362 g/mol. The normalized spacial score (nSPS) is 18.4. The molecule has 2 aromatic carbocycles. The predicted molar refractivity (Wildman–Crippen MR) is 110 cm³/mol. The van der Waals surface area contributed by atoms with Crippen LogP contribution in [0.3, 0.4) is 0 Å². The number of pyridine rings is 2. The van der Waals surface area contributed by atoms with E-state index in [4.69, 9.17) is 4.98 Å². The van der Waals surface area contributed by atoms with E-state index in [0.717, 1.165) is 43.6 Å². The molecule has 0 bridgehead atoms. The minimum absolute atomic E-state index is 0.957. The van der Waals surface area contributed by atoms with Gasteiger partial charge in [-0.15, -0.1) is 14.1 Å². The van der Waals surface area contributed by atoms with E-state index in [1.54, 1.807) is 0 Å². The first-order valence-corrected chi connectivity index (χ1v) is 9.30. The highest BCUT2D eigenvalue weighted by Gasteiger charge is 2.28. The van der Waals surface area contributed by atoms with Gasteiger partial charge < -0.3 is 9.80 Å². The zero-order chi connectivity index (χ0) is 18.8. The van der Waals surface area contributed by atoms with Gasteiger partial charge in [-0.3, -0.25) is 9.97 Å². The highest BCUT2D eigenvalue weighted by atomic mass is 15.1. The Hall–Kier alpha value is -3.34. The molecule has 0 saturated carbocycles. The summed E-state index contributed by atoms with van der Waals surface area (Å²) in [6.45, 7) is 0. The highest BCUT2D eigenvalue weighted by Crippen LogP contribution is 2.41. The summed E-state index contributed by atoms with van der Waals surface area (Å²) in [5.74, 6) is 0. The van der Waals surface area contributed by atoms with Gasteiger partial charge in [-0.1, -0.05) is 12.1 Å². The van der Waals surface area contributed by atoms with Gasteiger partial charge in [-0.05, 0) is 30.3 Å². The van der Waals surface area contributed by atoms with Crippen LogP contribution in [-0.2, 0) is 0 Å². The zero-order valence-corrected chi connectivity index (χ0v) is 15.2. The van der Waals surface area contributed by atoms with Crippen molar-refractivity contribution in [2.24, 2.45) is 0 Å². The Morgan fingerprint density at radius 1 is 0.643 bits per heavy atom. The van der Waals surface area contributed by atoms with E-state index in [2.05, 4.69) is 67.6 Å². The third-order valence-electron chi connectivity index (χ3n) is 5.85. The first kappa shape index (κ1) is 15.7. The molecule has 0 radical (unpaired) electrons. The second-order valence-electron chi connectivity index (χ2n) is 7.30. The fraction of sp³-hybridized carbons (Fsp3) is 0. The molecule has 0 fully saturated rings. The van der Waals surface area contributed by atoms with Gasteiger partial charge in [-0.2, -0.15) is 0 Å². The average Bonchev–Trinajstić information content (AvgIpc) is 3.20. The molecule has 2 unspecified atom stereocenters. The molecule has 134 valence electrons. The summed E-state index contributed by atoms with van der Waals surface area (Å²) in [7, 11) is 8.59. The SMILES string of the molecule is [CH2-][NH+]1c2ccccc2-c2cc(-c3cc4c(cn3)-c3cnccc3[NH+]4[CH2-])ccc21. The smallest absolute Gasteiger partial charge is 0.121 e. The molecule has 6 rings (SSSR count). The quantitative estimate of drug-likeness (QED) is 0.509. The summed E-state index contributed by atoms with van der Waals surface area (Å²) in [4.78, 5) is 11.2. The van der Waals surface area contributed by atoms with E-state index in [-0.39, 0.29) is 0 Å². The topological polar surface area (TPSA) is 34.7 Å². The number of hydrogen-bond donors (Lipinski definition) is 2. The van der Waals surface area contributed by atoms with Crippen molar-refractivity contribution in [3.63, 3.8) is 0 Å². The zero-order valence-electron chi connectivity index (χ0n) is 15.2. The van der Waals surface area contributed by atoms with Crippen molar-refractivity contribution in [2.75, 3.05) is 0 Å². The molecule has 4 heterocycles. The third kappa shape index (κ3) is 2.01. The van der Waals surface area contributed by atoms with Crippen LogP contribution in [0.4, 0.5) is 22.7 Å². The van der Waals surface area contributed by atoms with E-state index in [9.17, 15) is 0 Å². The fourth-order valence-corrected chi connectivity index (χ4v) is 4.41. The molecule has 2 N–H and O–H groups in total. The second-order valence-corrected chi connectivity index (χ2v) is 7.30. The van der Waals surface area contributed by atoms with Gasteiger partial charge in [0.1, 0.15) is 22.7 Å². The Kier molecular flexibility index (Phi) is 3.13. The Morgan fingerprint density at radius 2 is 1.39 bits per heavy atom. The van der Waals surface area contributed by atoms with Crippen LogP contribution in [0.15, 0.2) is 73.2 Å². The lowest BCUT2D eigenvalue weighted by Gasteiger charge is -2.16. The van der Waals surface area contributed by atoms with Crippen LogP contribution in [0, 0.1) is 14.1 Å². The lowest BCUT2D eigenvalue weighted by molar-refractivity contribution is -0.700. The van der Waals surface area contributed by atoms with E-state index in [0.29, 0.717) is 0 Å². The highest BCUT2D eigenvalue weighted by molar-refractivity contribution is 5.89. The molecule has 4 nitrogen and oxygen atoms in total. The fourth-order valence-electron chi connectivity index (χ4n) is 4.41. The van der Waals surface area contributed by atoms with Gasteiger partial charge in [-0.25, -0.2) is 0 Å². The predicted octanol–water partition coefficient (Wildman–Crippen LogP) is 3.38. The van der Waals surface area contributed by atoms with E-state index in [1.165, 1.54) is 22.5 Å². The van der Waals surface area contributed by atoms with Crippen LogP contribution in [0.5, 0.6) is 0 Å². The number of benzene rings is 2. The van der Waals surface area contributed by atoms with Crippen LogP contribution in [0.2, 0.25) is 0 Å². The molecule has 2 aliphatic rings. The number of fused-ring (bicyclic) bond motifs is 6. The summed E-state index contributed by atoms with van der Waals surface area (Å²) in [6.07, 6.45) is 5.66. The minimum Gasteiger partial charge on any atom is -0.401 e. The maximum atomic E-state index is 4.76. The number of rotatable bonds is 1. The van der Waals surface area contributed by atoms with E-state index in [1.807, 2.05) is 24.7 Å². The van der Waals surface area contributed by atoms with E-state index < -0.39 is 0 Å². The Balaban J connectivity index is 1.48. The summed E-state index contributed by atoms with van der Waals surface area (Å²) < 4.78 is 0. The van der Waals surface area contributed by atoms with Crippen molar-refractivity contribution in [1.82, 2.24) is 9.97 Å². The minimum atomic E-state index is 0.957. The maximum absolute atomic E-state index is 4.76. The second kappa shape index (κ2) is 5.58. The number of para-hydroxylation sites is 1. The Labute approximate surface area is 163 Å². The van der Waals surface area contributed by atoms with Gasteiger partial charge in [0.05, 0.1) is 16.8 Å². The molecule has 2 aliphatic heterocycles. The molecule has 4 heteroatoms. The number of hydrogen-bond acceptors (Lipinski definition) is 2. The molecule has 2 aromatic heterocycles. The van der Waals surface area contributed by atoms with Crippen LogP contribution in [-0.4, -0.2) is 9.97 Å². The Morgan fingerprint density at radius 3 is 2.32 bits per heavy atom. The van der Waals surface area contributed by atoms with Crippen molar-refractivity contribution < 1.29 is 9.80 Å². The number of quaternary nitrogens is 2. The number of nitrogens with zero attached hydrogens (tertiary/aromatic N) is 2. The van der Waals surface area contributed by atoms with Crippen LogP contribution < -0.4 is 9.80 Å². The van der Waals surface area contributed by atoms with Crippen molar-refractivity contribution in [3.05, 3.63) is 87.3 Å². The number of nitrogens with one attached hydrogen (secondary N) is 2. The molecule has 0 amide bonds. The first-order valence-electron chi connectivity index (χ1n) is 9.30. The Bertz CT molecular complexity index is 1260. The van der Waals surface area contributed by atoms with Crippen molar-refractivity contribution >= 4 is 22.7 Å². The molecular weight excluding hydrogens is 344 g/mol. The summed E-state index contributed by atoms with van der Waals surface area (Å²) in [6, 6.07) is 19.1. The molecule has 0 spiro atoms. The molecule has 4 aromatic rings. The molecule has 0 saturated heterocycles. The summed E-state index contributed by atoms with van der Waals surface area (Å²) in [5.41, 5.74) is 11.5.